The van der Waals surface area contributed by atoms with Crippen LogP contribution < -0.4 is 10.6 Å². The molecular formula is C17H26N2O2. The second-order valence-electron chi connectivity index (χ2n) is 6.53. The van der Waals surface area contributed by atoms with Gasteiger partial charge in [0.05, 0.1) is 6.04 Å². The van der Waals surface area contributed by atoms with Crippen LogP contribution in [0.5, 0.6) is 0 Å². The van der Waals surface area contributed by atoms with Crippen molar-refractivity contribution in [3.8, 4) is 0 Å². The van der Waals surface area contributed by atoms with Gasteiger partial charge in [0.15, 0.2) is 0 Å². The number of carbonyl (C=O) groups excluding carboxylic acids is 1. The highest BCUT2D eigenvalue weighted by atomic mass is 16.5. The van der Waals surface area contributed by atoms with Crippen LogP contribution in [0.1, 0.15) is 31.4 Å². The SMILES string of the molecule is COCCC(C)(C)CNC(=O)[C@H]1Cc2ccccc2CN1. The fraction of sp³-hybridized carbons (Fsp3) is 0.588. The predicted molar refractivity (Wildman–Crippen MR) is 84.1 cm³/mol. The number of rotatable bonds is 6. The van der Waals surface area contributed by atoms with Gasteiger partial charge in [0.1, 0.15) is 0 Å². The zero-order valence-electron chi connectivity index (χ0n) is 13.2. The molecule has 0 spiro atoms. The number of methoxy groups -OCH3 is 1. The average molecular weight is 290 g/mol. The summed E-state index contributed by atoms with van der Waals surface area (Å²) < 4.78 is 5.11. The van der Waals surface area contributed by atoms with Gasteiger partial charge in [0, 0.05) is 26.8 Å². The summed E-state index contributed by atoms with van der Waals surface area (Å²) in [4.78, 5) is 12.3. The number of hydrogen-bond donors (Lipinski definition) is 2. The van der Waals surface area contributed by atoms with E-state index in [1.54, 1.807) is 7.11 Å². The Morgan fingerprint density at radius 1 is 1.38 bits per heavy atom. The molecule has 1 heterocycles. The number of amides is 1. The van der Waals surface area contributed by atoms with Crippen LogP contribution in [0, 0.1) is 5.41 Å². The van der Waals surface area contributed by atoms with Crippen molar-refractivity contribution in [2.75, 3.05) is 20.3 Å². The van der Waals surface area contributed by atoms with Crippen LogP contribution in [0.3, 0.4) is 0 Å². The summed E-state index contributed by atoms with van der Waals surface area (Å²) in [5, 5.41) is 6.39. The molecule has 21 heavy (non-hydrogen) atoms. The molecule has 116 valence electrons. The lowest BCUT2D eigenvalue weighted by molar-refractivity contribution is -0.123. The number of hydrogen-bond acceptors (Lipinski definition) is 3. The van der Waals surface area contributed by atoms with E-state index < -0.39 is 0 Å². The molecule has 0 aromatic heterocycles. The van der Waals surface area contributed by atoms with Crippen molar-refractivity contribution in [1.82, 2.24) is 10.6 Å². The summed E-state index contributed by atoms with van der Waals surface area (Å²) >= 11 is 0. The summed E-state index contributed by atoms with van der Waals surface area (Å²) in [6.45, 7) is 6.46. The Hall–Kier alpha value is -1.39. The first-order chi connectivity index (χ1) is 10.0. The molecule has 0 radical (unpaired) electrons. The van der Waals surface area contributed by atoms with Crippen molar-refractivity contribution in [3.63, 3.8) is 0 Å². The van der Waals surface area contributed by atoms with E-state index in [9.17, 15) is 4.79 Å². The fourth-order valence-corrected chi connectivity index (χ4v) is 2.56. The molecule has 1 aliphatic rings. The monoisotopic (exact) mass is 290 g/mol. The zero-order valence-corrected chi connectivity index (χ0v) is 13.2. The first kappa shape index (κ1) is 16.0. The average Bonchev–Trinajstić information content (AvgIpc) is 2.50. The van der Waals surface area contributed by atoms with Crippen LogP contribution in [-0.4, -0.2) is 32.2 Å². The smallest absolute Gasteiger partial charge is 0.237 e. The largest absolute Gasteiger partial charge is 0.385 e. The van der Waals surface area contributed by atoms with E-state index >= 15 is 0 Å². The van der Waals surface area contributed by atoms with E-state index in [4.69, 9.17) is 4.74 Å². The second kappa shape index (κ2) is 7.05. The number of ether oxygens (including phenoxy) is 1. The van der Waals surface area contributed by atoms with Crippen molar-refractivity contribution in [1.29, 1.82) is 0 Å². The minimum Gasteiger partial charge on any atom is -0.385 e. The Morgan fingerprint density at radius 2 is 2.10 bits per heavy atom. The Balaban J connectivity index is 1.85. The summed E-state index contributed by atoms with van der Waals surface area (Å²) in [6, 6.07) is 8.17. The predicted octanol–water partition coefficient (Wildman–Crippen LogP) is 1.88. The Kier molecular flexibility index (Phi) is 5.37. The molecule has 0 unspecified atom stereocenters. The highest BCUT2D eigenvalue weighted by Crippen LogP contribution is 2.20. The van der Waals surface area contributed by atoms with Crippen LogP contribution in [-0.2, 0) is 22.5 Å². The summed E-state index contributed by atoms with van der Waals surface area (Å²) in [5.74, 6) is 0.0926. The van der Waals surface area contributed by atoms with E-state index in [0.29, 0.717) is 6.54 Å². The molecular weight excluding hydrogens is 264 g/mol. The third-order valence-corrected chi connectivity index (χ3v) is 4.12. The third kappa shape index (κ3) is 4.55. The Labute approximate surface area is 127 Å². The molecule has 1 aromatic rings. The van der Waals surface area contributed by atoms with Crippen molar-refractivity contribution < 1.29 is 9.53 Å². The molecule has 0 aliphatic carbocycles. The van der Waals surface area contributed by atoms with Crippen molar-refractivity contribution in [2.45, 2.75) is 39.3 Å². The van der Waals surface area contributed by atoms with E-state index in [0.717, 1.165) is 26.0 Å². The minimum atomic E-state index is -0.127. The van der Waals surface area contributed by atoms with Crippen LogP contribution in [0.4, 0.5) is 0 Å². The molecule has 1 aromatic carbocycles. The highest BCUT2D eigenvalue weighted by Gasteiger charge is 2.25. The molecule has 0 bridgehead atoms. The van der Waals surface area contributed by atoms with Gasteiger partial charge in [-0.2, -0.15) is 0 Å². The van der Waals surface area contributed by atoms with Crippen molar-refractivity contribution >= 4 is 5.91 Å². The van der Waals surface area contributed by atoms with Gasteiger partial charge in [-0.25, -0.2) is 0 Å². The Morgan fingerprint density at radius 3 is 2.81 bits per heavy atom. The maximum absolute atomic E-state index is 12.3. The quantitative estimate of drug-likeness (QED) is 0.841. The van der Waals surface area contributed by atoms with Gasteiger partial charge in [-0.05, 0) is 29.4 Å². The fourth-order valence-electron chi connectivity index (χ4n) is 2.56. The molecule has 0 fully saturated rings. The standard InChI is InChI=1S/C17H26N2O2/c1-17(2,8-9-21-3)12-19-16(20)15-10-13-6-4-5-7-14(13)11-18-15/h4-7,15,18H,8-12H2,1-3H3,(H,19,20)/t15-/m1/s1. The number of nitrogens with one attached hydrogen (secondary N) is 2. The van der Waals surface area contributed by atoms with E-state index in [-0.39, 0.29) is 17.4 Å². The van der Waals surface area contributed by atoms with Crippen LogP contribution >= 0.6 is 0 Å². The van der Waals surface area contributed by atoms with Crippen LogP contribution in [0.15, 0.2) is 24.3 Å². The molecule has 2 N–H and O–H groups in total. The zero-order chi connectivity index (χ0) is 15.3. The minimum absolute atomic E-state index is 0.0538. The maximum Gasteiger partial charge on any atom is 0.237 e. The molecule has 1 aliphatic heterocycles. The van der Waals surface area contributed by atoms with Crippen LogP contribution in [0.2, 0.25) is 0 Å². The van der Waals surface area contributed by atoms with Crippen molar-refractivity contribution in [2.24, 2.45) is 5.41 Å². The molecule has 1 amide bonds. The maximum atomic E-state index is 12.3. The lowest BCUT2D eigenvalue weighted by Crippen LogP contribution is -2.49. The normalized spacial score (nSPS) is 18.1. The third-order valence-electron chi connectivity index (χ3n) is 4.12. The molecule has 0 saturated heterocycles. The first-order valence-electron chi connectivity index (χ1n) is 7.59. The summed E-state index contributed by atoms with van der Waals surface area (Å²) in [7, 11) is 1.71. The summed E-state index contributed by atoms with van der Waals surface area (Å²) in [6.07, 6.45) is 1.70. The van der Waals surface area contributed by atoms with Gasteiger partial charge in [-0.3, -0.25) is 4.79 Å². The lowest BCUT2D eigenvalue weighted by Gasteiger charge is -2.28. The topological polar surface area (TPSA) is 50.4 Å². The number of fused-ring (bicyclic) bond motifs is 1. The van der Waals surface area contributed by atoms with Gasteiger partial charge in [-0.1, -0.05) is 38.1 Å². The van der Waals surface area contributed by atoms with Gasteiger partial charge in [0.25, 0.3) is 0 Å². The van der Waals surface area contributed by atoms with Gasteiger partial charge in [0.2, 0.25) is 5.91 Å². The van der Waals surface area contributed by atoms with E-state index in [1.165, 1.54) is 11.1 Å². The lowest BCUT2D eigenvalue weighted by atomic mass is 9.89. The molecule has 0 saturated carbocycles. The second-order valence-corrected chi connectivity index (χ2v) is 6.53. The Bertz CT molecular complexity index is 485. The molecule has 4 heteroatoms. The number of carbonyl (C=O) groups is 1. The van der Waals surface area contributed by atoms with E-state index in [1.807, 2.05) is 12.1 Å². The first-order valence-corrected chi connectivity index (χ1v) is 7.59. The van der Waals surface area contributed by atoms with Gasteiger partial charge < -0.3 is 15.4 Å². The molecule has 2 rings (SSSR count). The summed E-state index contributed by atoms with van der Waals surface area (Å²) in [5.41, 5.74) is 2.62. The molecule has 4 nitrogen and oxygen atoms in total. The van der Waals surface area contributed by atoms with Crippen LogP contribution in [0.25, 0.3) is 0 Å². The van der Waals surface area contributed by atoms with Gasteiger partial charge in [-0.15, -0.1) is 0 Å². The molecule has 1 atom stereocenters. The van der Waals surface area contributed by atoms with E-state index in [2.05, 4.69) is 36.6 Å². The van der Waals surface area contributed by atoms with Crippen molar-refractivity contribution in [3.05, 3.63) is 35.4 Å². The highest BCUT2D eigenvalue weighted by molar-refractivity contribution is 5.82. The number of benzene rings is 1. The van der Waals surface area contributed by atoms with Gasteiger partial charge >= 0.3 is 0 Å².